The van der Waals surface area contributed by atoms with Gasteiger partial charge in [-0.1, -0.05) is 6.08 Å². The quantitative estimate of drug-likeness (QED) is 0.712. The van der Waals surface area contributed by atoms with E-state index in [0.29, 0.717) is 6.61 Å². The third-order valence-electron chi connectivity index (χ3n) is 2.62. The Morgan fingerprint density at radius 1 is 1.44 bits per heavy atom. The smallest absolute Gasteiger partial charge is 0.186 e. The maximum absolute atomic E-state index is 9.75. The van der Waals surface area contributed by atoms with Gasteiger partial charge in [0.05, 0.1) is 13.2 Å². The highest BCUT2D eigenvalue weighted by atomic mass is 16.8. The summed E-state index contributed by atoms with van der Waals surface area (Å²) in [6.45, 7) is 7.77. The van der Waals surface area contributed by atoms with Crippen molar-refractivity contribution in [1.82, 2.24) is 0 Å². The van der Waals surface area contributed by atoms with Crippen LogP contribution in [-0.4, -0.2) is 48.7 Å². The van der Waals surface area contributed by atoms with E-state index < -0.39 is 30.4 Å². The van der Waals surface area contributed by atoms with E-state index in [1.54, 1.807) is 6.08 Å². The zero-order valence-electron chi connectivity index (χ0n) is 9.59. The van der Waals surface area contributed by atoms with Crippen molar-refractivity contribution in [3.05, 3.63) is 12.7 Å². The van der Waals surface area contributed by atoms with E-state index in [2.05, 4.69) is 6.58 Å². The summed E-state index contributed by atoms with van der Waals surface area (Å²) in [5.41, 5.74) is 0. The van der Waals surface area contributed by atoms with E-state index in [4.69, 9.17) is 18.9 Å². The van der Waals surface area contributed by atoms with E-state index in [9.17, 15) is 5.11 Å². The van der Waals surface area contributed by atoms with Gasteiger partial charge in [0.1, 0.15) is 18.3 Å². The molecule has 2 aliphatic heterocycles. The average molecular weight is 230 g/mol. The van der Waals surface area contributed by atoms with Crippen LogP contribution in [0.25, 0.3) is 0 Å². The highest BCUT2D eigenvalue weighted by Gasteiger charge is 2.52. The van der Waals surface area contributed by atoms with Gasteiger partial charge in [0, 0.05) is 0 Å². The first kappa shape index (κ1) is 12.0. The highest BCUT2D eigenvalue weighted by Crippen LogP contribution is 2.35. The second kappa shape index (κ2) is 4.43. The van der Waals surface area contributed by atoms with Crippen LogP contribution in [0.1, 0.15) is 13.8 Å². The molecule has 2 saturated heterocycles. The largest absolute Gasteiger partial charge is 0.388 e. The molecule has 0 saturated carbocycles. The molecule has 0 spiro atoms. The number of rotatable bonds is 3. The number of hydrogen-bond acceptors (Lipinski definition) is 5. The zero-order chi connectivity index (χ0) is 11.8. The van der Waals surface area contributed by atoms with Crippen molar-refractivity contribution in [2.45, 2.75) is 44.2 Å². The summed E-state index contributed by atoms with van der Waals surface area (Å²) in [4.78, 5) is 0. The molecule has 2 aliphatic rings. The van der Waals surface area contributed by atoms with E-state index in [0.717, 1.165) is 0 Å². The Balaban J connectivity index is 2.05. The fraction of sp³-hybridized carbons (Fsp3) is 0.818. The van der Waals surface area contributed by atoms with Gasteiger partial charge in [-0.05, 0) is 13.8 Å². The molecule has 0 radical (unpaired) electrons. The summed E-state index contributed by atoms with van der Waals surface area (Å²) in [5, 5.41) is 9.75. The van der Waals surface area contributed by atoms with Gasteiger partial charge in [-0.3, -0.25) is 0 Å². The lowest BCUT2D eigenvalue weighted by atomic mass is 10.1. The summed E-state index contributed by atoms with van der Waals surface area (Å²) in [7, 11) is 0. The van der Waals surface area contributed by atoms with Crippen LogP contribution in [0.15, 0.2) is 12.7 Å². The van der Waals surface area contributed by atoms with E-state index >= 15 is 0 Å². The van der Waals surface area contributed by atoms with Crippen LogP contribution in [0.2, 0.25) is 0 Å². The Hall–Kier alpha value is -0.460. The topological polar surface area (TPSA) is 57.2 Å². The van der Waals surface area contributed by atoms with E-state index in [1.807, 2.05) is 13.8 Å². The Bertz CT molecular complexity index is 265. The lowest BCUT2D eigenvalue weighted by Crippen LogP contribution is -2.52. The van der Waals surface area contributed by atoms with Crippen LogP contribution < -0.4 is 0 Å². The molecule has 0 aromatic carbocycles. The molecule has 0 aromatic heterocycles. The molecule has 2 heterocycles. The molecule has 2 fully saturated rings. The standard InChI is InChI=1S/C11H18O5/c1-4-5-13-10-9-8(7(12)6-14-10)15-11(2,3)16-9/h4,7-10,12H,1,5-6H2,2-3H3/t7-,8+,9+,10+/m1/s1. The number of hydrogen-bond donors (Lipinski definition) is 1. The molecular formula is C11H18O5. The lowest BCUT2D eigenvalue weighted by molar-refractivity contribution is -0.243. The Morgan fingerprint density at radius 3 is 2.81 bits per heavy atom. The molecular weight excluding hydrogens is 212 g/mol. The fourth-order valence-corrected chi connectivity index (χ4v) is 2.01. The van der Waals surface area contributed by atoms with Gasteiger partial charge in [-0.15, -0.1) is 6.58 Å². The summed E-state index contributed by atoms with van der Waals surface area (Å²) in [6, 6.07) is 0. The maximum atomic E-state index is 9.75. The normalized spacial score (nSPS) is 41.7. The molecule has 5 nitrogen and oxygen atoms in total. The summed E-state index contributed by atoms with van der Waals surface area (Å²) >= 11 is 0. The third kappa shape index (κ3) is 2.28. The van der Waals surface area contributed by atoms with Gasteiger partial charge in [0.25, 0.3) is 0 Å². The van der Waals surface area contributed by atoms with E-state index in [1.165, 1.54) is 0 Å². The van der Waals surface area contributed by atoms with Gasteiger partial charge in [-0.2, -0.15) is 0 Å². The highest BCUT2D eigenvalue weighted by molar-refractivity contribution is 4.92. The minimum Gasteiger partial charge on any atom is -0.388 e. The monoisotopic (exact) mass is 230 g/mol. The Kier molecular flexibility index (Phi) is 3.32. The molecule has 0 bridgehead atoms. The van der Waals surface area contributed by atoms with Gasteiger partial charge in [-0.25, -0.2) is 0 Å². The first-order chi connectivity index (χ1) is 7.53. The Labute approximate surface area is 94.9 Å². The maximum Gasteiger partial charge on any atom is 0.186 e. The lowest BCUT2D eigenvalue weighted by Gasteiger charge is -2.33. The molecule has 2 rings (SSSR count). The molecule has 5 heteroatoms. The van der Waals surface area contributed by atoms with Crippen molar-refractivity contribution in [3.63, 3.8) is 0 Å². The molecule has 0 unspecified atom stereocenters. The summed E-state index contributed by atoms with van der Waals surface area (Å²) in [5.74, 6) is -0.709. The average Bonchev–Trinajstić information content (AvgIpc) is 2.54. The second-order valence-corrected chi connectivity index (χ2v) is 4.46. The second-order valence-electron chi connectivity index (χ2n) is 4.46. The molecule has 0 aliphatic carbocycles. The van der Waals surface area contributed by atoms with Gasteiger partial charge in [0.15, 0.2) is 12.1 Å². The van der Waals surface area contributed by atoms with E-state index in [-0.39, 0.29) is 6.61 Å². The number of fused-ring (bicyclic) bond motifs is 1. The summed E-state index contributed by atoms with van der Waals surface area (Å²) < 4.78 is 22.1. The van der Waals surface area contributed by atoms with Crippen LogP contribution in [0.5, 0.6) is 0 Å². The van der Waals surface area contributed by atoms with Crippen molar-refractivity contribution in [2.24, 2.45) is 0 Å². The minimum atomic E-state index is -0.709. The van der Waals surface area contributed by atoms with Crippen molar-refractivity contribution in [1.29, 1.82) is 0 Å². The number of aliphatic hydroxyl groups is 1. The van der Waals surface area contributed by atoms with Crippen molar-refractivity contribution in [3.8, 4) is 0 Å². The molecule has 4 atom stereocenters. The summed E-state index contributed by atoms with van der Waals surface area (Å²) in [6.07, 6.45) is -0.314. The van der Waals surface area contributed by atoms with Crippen LogP contribution in [0.3, 0.4) is 0 Å². The SMILES string of the molecule is C=CCO[C@H]1OC[C@@H](O)[C@@H]2OC(C)(C)O[C@H]12. The predicted molar refractivity (Wildman–Crippen MR) is 55.7 cm³/mol. The zero-order valence-corrected chi connectivity index (χ0v) is 9.59. The minimum absolute atomic E-state index is 0.197. The predicted octanol–water partition coefficient (Wildman–Crippen LogP) is 0.426. The fourth-order valence-electron chi connectivity index (χ4n) is 2.01. The van der Waals surface area contributed by atoms with Crippen molar-refractivity contribution < 1.29 is 24.1 Å². The molecule has 0 aromatic rings. The molecule has 0 amide bonds. The first-order valence-corrected chi connectivity index (χ1v) is 5.41. The van der Waals surface area contributed by atoms with Crippen molar-refractivity contribution in [2.75, 3.05) is 13.2 Å². The van der Waals surface area contributed by atoms with Gasteiger partial charge >= 0.3 is 0 Å². The Morgan fingerprint density at radius 2 is 2.12 bits per heavy atom. The molecule has 16 heavy (non-hydrogen) atoms. The molecule has 1 N–H and O–H groups in total. The van der Waals surface area contributed by atoms with Crippen LogP contribution in [-0.2, 0) is 18.9 Å². The van der Waals surface area contributed by atoms with Crippen LogP contribution >= 0.6 is 0 Å². The van der Waals surface area contributed by atoms with Crippen molar-refractivity contribution >= 4 is 0 Å². The number of aliphatic hydroxyl groups excluding tert-OH is 1. The number of ether oxygens (including phenoxy) is 4. The van der Waals surface area contributed by atoms with Gasteiger partial charge < -0.3 is 24.1 Å². The van der Waals surface area contributed by atoms with Gasteiger partial charge in [0.2, 0.25) is 0 Å². The first-order valence-electron chi connectivity index (χ1n) is 5.41. The third-order valence-corrected chi connectivity index (χ3v) is 2.62. The molecule has 92 valence electrons. The van der Waals surface area contributed by atoms with Crippen LogP contribution in [0, 0.1) is 0 Å². The van der Waals surface area contributed by atoms with Crippen LogP contribution in [0.4, 0.5) is 0 Å².